The van der Waals surface area contributed by atoms with Crippen molar-refractivity contribution in [2.24, 2.45) is 5.73 Å². The van der Waals surface area contributed by atoms with Crippen molar-refractivity contribution < 1.29 is 122 Å². The maximum atomic E-state index is 12.3. The van der Waals surface area contributed by atoms with E-state index in [2.05, 4.69) is 22.2 Å². The summed E-state index contributed by atoms with van der Waals surface area (Å²) in [5.74, 6) is -1.99. The number of carboxylic acid groups (broad SMARTS) is 1. The van der Waals surface area contributed by atoms with E-state index in [1.165, 1.54) is 22.3 Å². The van der Waals surface area contributed by atoms with E-state index in [0.29, 0.717) is 19.8 Å². The van der Waals surface area contributed by atoms with Gasteiger partial charge in [-0.1, -0.05) is 78.5 Å². The Balaban J connectivity index is -0.000000160. The van der Waals surface area contributed by atoms with Crippen molar-refractivity contribution in [1.82, 2.24) is 15.1 Å². The Morgan fingerprint density at radius 3 is 1.32 bits per heavy atom. The fourth-order valence-electron chi connectivity index (χ4n) is 5.62. The van der Waals surface area contributed by atoms with Gasteiger partial charge in [-0.15, -0.1) is 0 Å². The molecule has 7 N–H and O–H groups in total. The van der Waals surface area contributed by atoms with E-state index in [0.717, 1.165) is 55.2 Å². The molecule has 20 nitrogen and oxygen atoms in total. The number of rotatable bonds is 17. The predicted octanol–water partition coefficient (Wildman–Crippen LogP) is 0.749. The Bertz CT molecular complexity index is 2010. The van der Waals surface area contributed by atoms with Crippen molar-refractivity contribution in [2.45, 2.75) is 151 Å². The monoisotopic (exact) mass is 1070 g/mol. The summed E-state index contributed by atoms with van der Waals surface area (Å²) in [6, 6.07) is -2.32. The Hall–Kier alpha value is -5.00. The standard InChI is InChI=1S/C16H25NO4.C14H21NO4.C11H17NO2.C6H6O.C5H11NO2.CN.B.Li.Na.2H2O/c1-6-20-14(18)12(2)17(11-13-9-7-8-10-13)15(19)21-16(3,4)5;1-10(12(16)17)15(9-11-7-5-6-8-11)13(18)19-14(2,3)4;1-3-14-11(13)9(2)12-8-10-6-4-5-7-10;7-5-6-3-1-2-4-6;1-3-8-5(7)4(2)6;1-2;;;;;/h7-9,12H,6,10-11H2,1-5H3;5-7,10H,8-9H2,1-4H3,(H,16,17);4-6,9,12H,3,7-8H2,1-2H3;1-3,5H,4H2;4H,3,6H2,1-2H3;;;;;2*1H2/q;;;;;-1;;2*+1;;/p-1/t12-;10-;9-;;4-;;;;;;/m000.0....../s1. The Kier molecular flexibility index (Phi) is 52.8. The minimum absolute atomic E-state index is 0. The molecule has 415 valence electrons. The summed E-state index contributed by atoms with van der Waals surface area (Å²) in [7, 11) is 0. The molecule has 0 bridgehead atoms. The molecule has 0 saturated heterocycles. The number of ether oxygens (including phenoxy) is 5. The quantitative estimate of drug-likeness (QED) is 0.0595. The van der Waals surface area contributed by atoms with Crippen molar-refractivity contribution in [3.63, 3.8) is 0 Å². The Labute approximate surface area is 487 Å². The maximum absolute atomic E-state index is 12.3. The Morgan fingerprint density at radius 2 is 1.03 bits per heavy atom. The molecular formula is C53H83BLiN5NaO15. The fourth-order valence-corrected chi connectivity index (χ4v) is 5.62. The third kappa shape index (κ3) is 40.3. The van der Waals surface area contributed by atoms with Crippen LogP contribution in [0.25, 0.3) is 0 Å². The fraction of sp³-hybridized carbons (Fsp3) is 0.547. The van der Waals surface area contributed by atoms with Crippen LogP contribution >= 0.6 is 0 Å². The smallest absolute Gasteiger partial charge is 0.870 e. The topological polar surface area (TPSA) is 316 Å². The molecule has 4 atom stereocenters. The van der Waals surface area contributed by atoms with Gasteiger partial charge in [0, 0.05) is 28.0 Å². The molecule has 23 heteroatoms. The number of hydrogen-bond acceptors (Lipinski definition) is 16. The van der Waals surface area contributed by atoms with Crippen molar-refractivity contribution >= 4 is 50.8 Å². The summed E-state index contributed by atoms with van der Waals surface area (Å²) in [5, 5.41) is 18.5. The molecule has 4 rings (SSSR count). The van der Waals surface area contributed by atoms with Gasteiger partial charge in [0.25, 0.3) is 0 Å². The molecule has 0 aromatic rings. The summed E-state index contributed by atoms with van der Waals surface area (Å²) in [5.41, 5.74) is 8.15. The number of carbonyl (C=O) groups excluding carboxylic acids is 6. The predicted molar refractivity (Wildman–Crippen MR) is 283 cm³/mol. The van der Waals surface area contributed by atoms with E-state index >= 15 is 0 Å². The summed E-state index contributed by atoms with van der Waals surface area (Å²) in [4.78, 5) is 81.6. The molecule has 0 heterocycles. The van der Waals surface area contributed by atoms with Crippen LogP contribution in [0.1, 0.15) is 116 Å². The molecule has 3 radical (unpaired) electrons. The second-order valence-corrected chi connectivity index (χ2v) is 17.9. The summed E-state index contributed by atoms with van der Waals surface area (Å²) in [6.07, 6.45) is 26.7. The average Bonchev–Trinajstić information content (AvgIpc) is 4.17. The van der Waals surface area contributed by atoms with Gasteiger partial charge in [-0.3, -0.25) is 24.2 Å². The van der Waals surface area contributed by atoms with Gasteiger partial charge in [0.2, 0.25) is 0 Å². The van der Waals surface area contributed by atoms with Gasteiger partial charge in [0.05, 0.1) is 19.8 Å². The number of nitrogens with one attached hydrogen (secondary N) is 1. The van der Waals surface area contributed by atoms with Gasteiger partial charge in [0.1, 0.15) is 41.7 Å². The first-order valence-electron chi connectivity index (χ1n) is 23.6. The summed E-state index contributed by atoms with van der Waals surface area (Å²) in [6.45, 7) is 29.8. The molecule has 0 spiro atoms. The number of carbonyl (C=O) groups is 7. The largest absolute Gasteiger partial charge is 1.00 e. The van der Waals surface area contributed by atoms with Crippen molar-refractivity contribution in [3.8, 4) is 0 Å². The average molecular weight is 1070 g/mol. The van der Waals surface area contributed by atoms with Crippen LogP contribution in [0.4, 0.5) is 9.59 Å². The molecule has 0 unspecified atom stereocenters. The van der Waals surface area contributed by atoms with E-state index < -0.39 is 53.5 Å². The van der Waals surface area contributed by atoms with Gasteiger partial charge >= 0.3 is 84.5 Å². The second kappa shape index (κ2) is 47.2. The molecular weight excluding hydrogens is 987 g/mol. The first-order valence-corrected chi connectivity index (χ1v) is 23.6. The minimum atomic E-state index is -1.04. The van der Waals surface area contributed by atoms with E-state index in [4.69, 9.17) is 41.6 Å². The van der Waals surface area contributed by atoms with Crippen LogP contribution in [0.3, 0.4) is 0 Å². The number of esters is 3. The molecule has 76 heavy (non-hydrogen) atoms. The molecule has 2 amide bonds. The van der Waals surface area contributed by atoms with E-state index in [-0.39, 0.29) is 98.9 Å². The van der Waals surface area contributed by atoms with Crippen LogP contribution in [-0.4, -0.2) is 151 Å². The number of amides is 2. The number of nitrogens with two attached hydrogens (primary N) is 1. The van der Waals surface area contributed by atoms with Gasteiger partial charge in [-0.05, 0) is 132 Å². The number of aldehydes is 1. The number of hydrogen-bond donors (Lipinski definition) is 3. The SMILES string of the molecule is CCOC(=O)[C@H](C)N.CCOC(=O)[C@H](C)N(CC1=CC=CC1)C(=O)OC(C)(C)C.CCOC(=O)[C@H](C)NCC1=CC=CC1.C[C@@H](C(=O)O)N(CC1=CC=CC1)C(=O)OC(C)(C)C.O.O=CC1=CC=CC1.[B].[C-]#N.[Li+].[Na+].[OH-]. The second-order valence-electron chi connectivity index (χ2n) is 17.9. The zero-order valence-corrected chi connectivity index (χ0v) is 49.7. The molecule has 0 aromatic carbocycles. The van der Waals surface area contributed by atoms with Gasteiger partial charge < -0.3 is 62.6 Å². The zero-order chi connectivity index (χ0) is 54.7. The summed E-state index contributed by atoms with van der Waals surface area (Å²) >= 11 is 0. The third-order valence-corrected chi connectivity index (χ3v) is 9.35. The van der Waals surface area contributed by atoms with E-state index in [1.54, 1.807) is 69.2 Å². The van der Waals surface area contributed by atoms with Crippen LogP contribution in [0.2, 0.25) is 0 Å². The van der Waals surface area contributed by atoms with Crippen LogP contribution in [0.5, 0.6) is 0 Å². The molecule has 0 fully saturated rings. The van der Waals surface area contributed by atoms with E-state index in [1.807, 2.05) is 74.6 Å². The van der Waals surface area contributed by atoms with Crippen LogP contribution in [0, 0.1) is 11.8 Å². The van der Waals surface area contributed by atoms with Gasteiger partial charge in [-0.25, -0.2) is 19.2 Å². The molecule has 0 saturated carbocycles. The summed E-state index contributed by atoms with van der Waals surface area (Å²) < 4.78 is 25.1. The molecule has 4 aliphatic carbocycles. The minimum Gasteiger partial charge on any atom is -0.870 e. The van der Waals surface area contributed by atoms with Crippen LogP contribution in [0.15, 0.2) is 95.2 Å². The van der Waals surface area contributed by atoms with Crippen LogP contribution in [-0.2, 0) is 47.7 Å². The number of allylic oxidation sites excluding steroid dienone is 13. The molecule has 0 aliphatic heterocycles. The first-order chi connectivity index (χ1) is 33.3. The normalized spacial score (nSPS) is 14.2. The van der Waals surface area contributed by atoms with Crippen molar-refractivity contribution in [1.29, 1.82) is 5.26 Å². The van der Waals surface area contributed by atoms with Crippen molar-refractivity contribution in [2.75, 3.05) is 39.5 Å². The zero-order valence-electron chi connectivity index (χ0n) is 47.7. The van der Waals surface area contributed by atoms with Gasteiger partial charge in [0.15, 0.2) is 0 Å². The molecule has 4 aliphatic rings. The van der Waals surface area contributed by atoms with E-state index in [9.17, 15) is 33.6 Å². The van der Waals surface area contributed by atoms with Gasteiger partial charge in [-0.2, -0.15) is 0 Å². The third-order valence-electron chi connectivity index (χ3n) is 9.35. The number of aliphatic carboxylic acids is 1. The van der Waals surface area contributed by atoms with Crippen molar-refractivity contribution in [3.05, 3.63) is 102 Å². The number of nitrogens with zero attached hydrogens (tertiary/aromatic N) is 3. The van der Waals surface area contributed by atoms with Crippen LogP contribution < -0.4 is 59.5 Å². The molecule has 0 aromatic heterocycles. The Morgan fingerprint density at radius 1 is 0.671 bits per heavy atom. The maximum Gasteiger partial charge on any atom is 1.00 e. The first kappa shape index (κ1) is 84.9. The number of carboxylic acids is 1.